The van der Waals surface area contributed by atoms with Crippen molar-refractivity contribution in [1.82, 2.24) is 9.44 Å². The van der Waals surface area contributed by atoms with Crippen LogP contribution in [0, 0.1) is 0 Å². The first-order valence-electron chi connectivity index (χ1n) is 5.81. The van der Waals surface area contributed by atoms with Crippen molar-refractivity contribution in [3.8, 4) is 0 Å². The topological polar surface area (TPSA) is 24.1 Å². The molecule has 0 saturated heterocycles. The number of hydrogen-bond acceptors (Lipinski definition) is 4. The molecule has 0 aliphatic carbocycles. The molecule has 0 bridgehead atoms. The van der Waals surface area contributed by atoms with Crippen LogP contribution >= 0.6 is 22.0 Å². The van der Waals surface area contributed by atoms with Gasteiger partial charge in [-0.1, -0.05) is 60.7 Å². The highest BCUT2D eigenvalue weighted by Crippen LogP contribution is 2.14. The third-order valence-electron chi connectivity index (χ3n) is 2.40. The molecule has 0 saturated carbocycles. The maximum absolute atomic E-state index is 3.31. The van der Waals surface area contributed by atoms with E-state index in [0.717, 1.165) is 13.1 Å². The zero-order valence-corrected chi connectivity index (χ0v) is 11.6. The molecule has 2 aromatic rings. The van der Waals surface area contributed by atoms with Crippen molar-refractivity contribution in [3.63, 3.8) is 0 Å². The van der Waals surface area contributed by atoms with Crippen molar-refractivity contribution in [3.05, 3.63) is 71.8 Å². The molecule has 0 aromatic heterocycles. The molecule has 0 atom stereocenters. The van der Waals surface area contributed by atoms with Crippen molar-refractivity contribution in [1.29, 1.82) is 0 Å². The number of rotatable bonds is 7. The van der Waals surface area contributed by atoms with Gasteiger partial charge in [0.2, 0.25) is 0 Å². The standard InChI is InChI=1S/C14H16N2S2/c1-3-7-13(8-4-1)11-15-17-18-16-12-14-9-5-2-6-10-14/h1-10,15-16H,11-12H2. The van der Waals surface area contributed by atoms with Crippen LogP contribution in [-0.2, 0) is 13.1 Å². The maximum Gasteiger partial charge on any atom is 0.0318 e. The van der Waals surface area contributed by atoms with E-state index in [1.165, 1.54) is 11.1 Å². The van der Waals surface area contributed by atoms with Crippen LogP contribution in [0.4, 0.5) is 0 Å². The van der Waals surface area contributed by atoms with E-state index in [2.05, 4.69) is 58.0 Å². The van der Waals surface area contributed by atoms with E-state index in [1.54, 1.807) is 22.0 Å². The van der Waals surface area contributed by atoms with Crippen LogP contribution in [0.2, 0.25) is 0 Å². The second-order valence-electron chi connectivity index (χ2n) is 3.78. The van der Waals surface area contributed by atoms with Crippen LogP contribution in [0.25, 0.3) is 0 Å². The van der Waals surface area contributed by atoms with E-state index in [-0.39, 0.29) is 0 Å². The minimum atomic E-state index is 0.880. The normalized spacial score (nSPS) is 10.4. The Bertz CT molecular complexity index is 391. The van der Waals surface area contributed by atoms with Gasteiger partial charge in [0.1, 0.15) is 0 Å². The van der Waals surface area contributed by atoms with Crippen LogP contribution in [-0.4, -0.2) is 0 Å². The Hall–Kier alpha value is -0.940. The lowest BCUT2D eigenvalue weighted by molar-refractivity contribution is 0.975. The summed E-state index contributed by atoms with van der Waals surface area (Å²) < 4.78 is 6.61. The van der Waals surface area contributed by atoms with Crippen molar-refractivity contribution in [2.45, 2.75) is 13.1 Å². The van der Waals surface area contributed by atoms with E-state index >= 15 is 0 Å². The lowest BCUT2D eigenvalue weighted by Gasteiger charge is -2.05. The smallest absolute Gasteiger partial charge is 0.0318 e. The first-order valence-corrected chi connectivity index (χ1v) is 7.96. The van der Waals surface area contributed by atoms with Gasteiger partial charge in [0.25, 0.3) is 0 Å². The minimum Gasteiger partial charge on any atom is -0.249 e. The van der Waals surface area contributed by atoms with Gasteiger partial charge in [-0.15, -0.1) is 0 Å². The highest BCUT2D eigenvalue weighted by Gasteiger charge is 1.93. The summed E-state index contributed by atoms with van der Waals surface area (Å²) in [6.45, 7) is 1.76. The largest absolute Gasteiger partial charge is 0.249 e. The van der Waals surface area contributed by atoms with Crippen molar-refractivity contribution in [2.75, 3.05) is 0 Å². The van der Waals surface area contributed by atoms with Crippen LogP contribution in [0.1, 0.15) is 11.1 Å². The Morgan fingerprint density at radius 2 is 1.00 bits per heavy atom. The Labute approximate surface area is 116 Å². The maximum atomic E-state index is 3.31. The molecule has 2 nitrogen and oxygen atoms in total. The van der Waals surface area contributed by atoms with Gasteiger partial charge in [-0.3, -0.25) is 0 Å². The minimum absolute atomic E-state index is 0.880. The summed E-state index contributed by atoms with van der Waals surface area (Å²) in [7, 11) is 3.25. The summed E-state index contributed by atoms with van der Waals surface area (Å²) in [4.78, 5) is 0. The highest BCUT2D eigenvalue weighted by molar-refractivity contribution is 8.75. The molecule has 0 fully saturated rings. The van der Waals surface area contributed by atoms with Crippen LogP contribution in [0.3, 0.4) is 0 Å². The molecule has 0 aliphatic heterocycles. The van der Waals surface area contributed by atoms with Gasteiger partial charge in [-0.25, -0.2) is 9.44 Å². The molecule has 18 heavy (non-hydrogen) atoms. The summed E-state index contributed by atoms with van der Waals surface area (Å²) in [6, 6.07) is 20.8. The third kappa shape index (κ3) is 5.14. The number of nitrogens with one attached hydrogen (secondary N) is 2. The first-order chi connectivity index (χ1) is 8.95. The predicted octanol–water partition coefficient (Wildman–Crippen LogP) is 3.78. The summed E-state index contributed by atoms with van der Waals surface area (Å²) in [5.74, 6) is 0. The fourth-order valence-electron chi connectivity index (χ4n) is 1.48. The summed E-state index contributed by atoms with van der Waals surface area (Å²) in [5.41, 5.74) is 2.60. The molecular formula is C14H16N2S2. The fourth-order valence-corrected chi connectivity index (χ4v) is 2.75. The molecule has 0 unspecified atom stereocenters. The van der Waals surface area contributed by atoms with Gasteiger partial charge in [0.05, 0.1) is 0 Å². The molecule has 2 aromatic carbocycles. The van der Waals surface area contributed by atoms with E-state index < -0.39 is 0 Å². The predicted molar refractivity (Wildman–Crippen MR) is 81.7 cm³/mol. The van der Waals surface area contributed by atoms with Gasteiger partial charge < -0.3 is 0 Å². The molecule has 2 N–H and O–H groups in total. The Morgan fingerprint density at radius 1 is 0.611 bits per heavy atom. The molecule has 0 aliphatic rings. The summed E-state index contributed by atoms with van der Waals surface area (Å²) >= 11 is 0. The molecule has 4 heteroatoms. The molecule has 0 amide bonds. The van der Waals surface area contributed by atoms with Gasteiger partial charge >= 0.3 is 0 Å². The van der Waals surface area contributed by atoms with Crippen molar-refractivity contribution >= 4 is 22.0 Å². The molecule has 94 valence electrons. The fraction of sp³-hybridized carbons (Fsp3) is 0.143. The van der Waals surface area contributed by atoms with E-state index in [9.17, 15) is 0 Å². The number of benzene rings is 2. The van der Waals surface area contributed by atoms with Crippen LogP contribution in [0.15, 0.2) is 60.7 Å². The SMILES string of the molecule is c1ccc(CNSSNCc2ccccc2)cc1. The van der Waals surface area contributed by atoms with Crippen LogP contribution in [0.5, 0.6) is 0 Å². The monoisotopic (exact) mass is 276 g/mol. The third-order valence-corrected chi connectivity index (χ3v) is 3.96. The van der Waals surface area contributed by atoms with Gasteiger partial charge in [-0.2, -0.15) is 0 Å². The lowest BCUT2D eigenvalue weighted by atomic mass is 10.2. The zero-order valence-electron chi connectivity index (χ0n) is 10.0. The van der Waals surface area contributed by atoms with Gasteiger partial charge in [-0.05, 0) is 11.1 Å². The lowest BCUT2D eigenvalue weighted by Crippen LogP contribution is -2.06. The zero-order chi connectivity index (χ0) is 12.5. The van der Waals surface area contributed by atoms with Crippen molar-refractivity contribution in [2.24, 2.45) is 0 Å². The molecule has 2 rings (SSSR count). The number of hydrogen-bond donors (Lipinski definition) is 2. The second kappa shape index (κ2) is 8.21. The summed E-state index contributed by atoms with van der Waals surface area (Å²) in [6.07, 6.45) is 0. The highest BCUT2D eigenvalue weighted by atomic mass is 33.1. The van der Waals surface area contributed by atoms with E-state index in [4.69, 9.17) is 0 Å². The van der Waals surface area contributed by atoms with Gasteiger partial charge in [0.15, 0.2) is 0 Å². The van der Waals surface area contributed by atoms with Crippen molar-refractivity contribution < 1.29 is 0 Å². The molecule has 0 spiro atoms. The van der Waals surface area contributed by atoms with E-state index in [1.807, 2.05) is 12.1 Å². The first kappa shape index (κ1) is 13.5. The van der Waals surface area contributed by atoms with Gasteiger partial charge in [0, 0.05) is 35.0 Å². The second-order valence-corrected chi connectivity index (χ2v) is 5.69. The summed E-state index contributed by atoms with van der Waals surface area (Å²) in [5, 5.41) is 0. The van der Waals surface area contributed by atoms with Crippen LogP contribution < -0.4 is 9.44 Å². The Morgan fingerprint density at radius 3 is 1.39 bits per heavy atom. The van der Waals surface area contributed by atoms with E-state index in [0.29, 0.717) is 0 Å². The Balaban J connectivity index is 1.54. The average molecular weight is 276 g/mol. The molecule has 0 radical (unpaired) electrons. The quantitative estimate of drug-likeness (QED) is 0.456. The Kier molecular flexibility index (Phi) is 6.16. The molecular weight excluding hydrogens is 260 g/mol. The molecule has 0 heterocycles. The average Bonchev–Trinajstić information content (AvgIpc) is 2.45.